The van der Waals surface area contributed by atoms with Crippen LogP contribution in [0.4, 0.5) is 0 Å². The van der Waals surface area contributed by atoms with Crippen molar-refractivity contribution in [3.05, 3.63) is 0 Å². The number of hydrogen-bond donors (Lipinski definition) is 1. The van der Waals surface area contributed by atoms with Gasteiger partial charge in [-0.05, 0) is 37.8 Å². The van der Waals surface area contributed by atoms with Crippen molar-refractivity contribution in [2.75, 3.05) is 39.3 Å². The van der Waals surface area contributed by atoms with E-state index >= 15 is 0 Å². The SMILES string of the molecule is CC1(C)CCN(CCC2CNCCO2)CC1. The molecule has 2 saturated heterocycles. The molecule has 16 heavy (non-hydrogen) atoms. The summed E-state index contributed by atoms with van der Waals surface area (Å²) in [6, 6.07) is 0. The fraction of sp³-hybridized carbons (Fsp3) is 1.00. The Labute approximate surface area is 99.5 Å². The second-order valence-electron chi connectivity index (χ2n) is 5.99. The van der Waals surface area contributed by atoms with Crippen LogP contribution in [-0.4, -0.2) is 50.3 Å². The van der Waals surface area contributed by atoms with Crippen molar-refractivity contribution in [2.24, 2.45) is 5.41 Å². The van der Waals surface area contributed by atoms with E-state index in [1.54, 1.807) is 0 Å². The molecule has 1 unspecified atom stereocenters. The van der Waals surface area contributed by atoms with Gasteiger partial charge in [-0.1, -0.05) is 13.8 Å². The zero-order chi connectivity index (χ0) is 11.4. The second kappa shape index (κ2) is 5.48. The van der Waals surface area contributed by atoms with Crippen LogP contribution >= 0.6 is 0 Å². The summed E-state index contributed by atoms with van der Waals surface area (Å²) in [6.07, 6.45) is 4.32. The van der Waals surface area contributed by atoms with E-state index in [9.17, 15) is 0 Å². The third-order valence-corrected chi connectivity index (χ3v) is 3.98. The topological polar surface area (TPSA) is 24.5 Å². The van der Waals surface area contributed by atoms with Crippen LogP contribution in [0.15, 0.2) is 0 Å². The number of piperidine rings is 1. The van der Waals surface area contributed by atoms with Crippen LogP contribution in [0.25, 0.3) is 0 Å². The minimum atomic E-state index is 0.448. The summed E-state index contributed by atoms with van der Waals surface area (Å²) in [6.45, 7) is 11.5. The van der Waals surface area contributed by atoms with Gasteiger partial charge in [-0.25, -0.2) is 0 Å². The molecular formula is C13H26N2O. The third kappa shape index (κ3) is 3.72. The molecule has 0 aromatic carbocycles. The van der Waals surface area contributed by atoms with Crippen LogP contribution in [0.2, 0.25) is 0 Å². The van der Waals surface area contributed by atoms with E-state index in [1.807, 2.05) is 0 Å². The minimum Gasteiger partial charge on any atom is -0.376 e. The van der Waals surface area contributed by atoms with Gasteiger partial charge in [-0.15, -0.1) is 0 Å². The van der Waals surface area contributed by atoms with Crippen molar-refractivity contribution >= 4 is 0 Å². The Kier molecular flexibility index (Phi) is 4.22. The Bertz CT molecular complexity index is 202. The first-order valence-corrected chi connectivity index (χ1v) is 6.70. The smallest absolute Gasteiger partial charge is 0.0712 e. The summed E-state index contributed by atoms with van der Waals surface area (Å²) >= 11 is 0. The second-order valence-corrected chi connectivity index (χ2v) is 5.99. The highest BCUT2D eigenvalue weighted by atomic mass is 16.5. The fourth-order valence-electron chi connectivity index (χ4n) is 2.51. The minimum absolute atomic E-state index is 0.448. The molecule has 2 aliphatic rings. The van der Waals surface area contributed by atoms with Crippen LogP contribution in [0.1, 0.15) is 33.1 Å². The molecule has 2 rings (SSSR count). The molecule has 2 fully saturated rings. The molecule has 0 aliphatic carbocycles. The number of ether oxygens (including phenoxy) is 1. The van der Waals surface area contributed by atoms with Crippen LogP contribution in [0.3, 0.4) is 0 Å². The molecule has 0 spiro atoms. The molecule has 0 radical (unpaired) electrons. The Morgan fingerprint density at radius 3 is 2.69 bits per heavy atom. The van der Waals surface area contributed by atoms with Gasteiger partial charge in [0, 0.05) is 19.6 Å². The number of nitrogens with one attached hydrogen (secondary N) is 1. The Hall–Kier alpha value is -0.120. The van der Waals surface area contributed by atoms with E-state index < -0.39 is 0 Å². The Morgan fingerprint density at radius 1 is 1.31 bits per heavy atom. The van der Waals surface area contributed by atoms with Gasteiger partial charge in [0.25, 0.3) is 0 Å². The van der Waals surface area contributed by atoms with Crippen LogP contribution in [0.5, 0.6) is 0 Å². The molecule has 2 aliphatic heterocycles. The van der Waals surface area contributed by atoms with Crippen LogP contribution in [0, 0.1) is 5.41 Å². The van der Waals surface area contributed by atoms with Gasteiger partial charge in [0.2, 0.25) is 0 Å². The number of rotatable bonds is 3. The van der Waals surface area contributed by atoms with Crippen molar-refractivity contribution in [3.8, 4) is 0 Å². The lowest BCUT2D eigenvalue weighted by molar-refractivity contribution is 0.0134. The number of nitrogens with zero attached hydrogens (tertiary/aromatic N) is 1. The predicted molar refractivity (Wildman–Crippen MR) is 66.7 cm³/mol. The number of morpholine rings is 1. The highest BCUT2D eigenvalue weighted by molar-refractivity contribution is 4.79. The molecule has 2 heterocycles. The van der Waals surface area contributed by atoms with E-state index in [2.05, 4.69) is 24.1 Å². The maximum Gasteiger partial charge on any atom is 0.0712 e. The Balaban J connectivity index is 1.63. The first kappa shape index (κ1) is 12.3. The van der Waals surface area contributed by atoms with Gasteiger partial charge >= 0.3 is 0 Å². The summed E-state index contributed by atoms with van der Waals surface area (Å²) in [5.74, 6) is 0. The standard InChI is InChI=1S/C13H26N2O/c1-13(2)4-8-15(9-5-13)7-3-12-11-14-6-10-16-12/h12,14H,3-11H2,1-2H3. The van der Waals surface area contributed by atoms with E-state index in [0.29, 0.717) is 11.5 Å². The van der Waals surface area contributed by atoms with Crippen molar-refractivity contribution in [1.82, 2.24) is 10.2 Å². The zero-order valence-corrected chi connectivity index (χ0v) is 10.8. The van der Waals surface area contributed by atoms with E-state index in [1.165, 1.54) is 38.9 Å². The fourth-order valence-corrected chi connectivity index (χ4v) is 2.51. The first-order chi connectivity index (χ1) is 7.66. The van der Waals surface area contributed by atoms with E-state index in [4.69, 9.17) is 4.74 Å². The maximum absolute atomic E-state index is 5.72. The van der Waals surface area contributed by atoms with Gasteiger partial charge in [0.05, 0.1) is 12.7 Å². The normalized spacial score (nSPS) is 31.5. The van der Waals surface area contributed by atoms with Gasteiger partial charge in [-0.2, -0.15) is 0 Å². The molecule has 0 aromatic rings. The predicted octanol–water partition coefficient (Wildman–Crippen LogP) is 1.49. The first-order valence-electron chi connectivity index (χ1n) is 6.70. The number of hydrogen-bond acceptors (Lipinski definition) is 3. The summed E-state index contributed by atoms with van der Waals surface area (Å²) in [7, 11) is 0. The van der Waals surface area contributed by atoms with E-state index in [0.717, 1.165) is 19.7 Å². The molecule has 1 N–H and O–H groups in total. The van der Waals surface area contributed by atoms with Gasteiger partial charge in [0.15, 0.2) is 0 Å². The lowest BCUT2D eigenvalue weighted by Gasteiger charge is -2.37. The van der Waals surface area contributed by atoms with Gasteiger partial charge < -0.3 is 15.0 Å². The summed E-state index contributed by atoms with van der Waals surface area (Å²) in [5.41, 5.74) is 0.569. The molecule has 3 heteroatoms. The summed E-state index contributed by atoms with van der Waals surface area (Å²) in [5, 5.41) is 3.39. The van der Waals surface area contributed by atoms with Crippen molar-refractivity contribution in [3.63, 3.8) is 0 Å². The lowest BCUT2D eigenvalue weighted by atomic mass is 9.82. The van der Waals surface area contributed by atoms with Crippen molar-refractivity contribution in [2.45, 2.75) is 39.2 Å². The Morgan fingerprint density at radius 2 is 2.06 bits per heavy atom. The highest BCUT2D eigenvalue weighted by Crippen LogP contribution is 2.29. The summed E-state index contributed by atoms with van der Waals surface area (Å²) < 4.78 is 5.72. The largest absolute Gasteiger partial charge is 0.376 e. The average Bonchev–Trinajstić information content (AvgIpc) is 2.29. The molecule has 3 nitrogen and oxygen atoms in total. The molecule has 0 bridgehead atoms. The van der Waals surface area contributed by atoms with E-state index in [-0.39, 0.29) is 0 Å². The molecule has 0 amide bonds. The molecule has 0 aromatic heterocycles. The molecule has 0 saturated carbocycles. The zero-order valence-electron chi connectivity index (χ0n) is 10.8. The highest BCUT2D eigenvalue weighted by Gasteiger charge is 2.25. The average molecular weight is 226 g/mol. The maximum atomic E-state index is 5.72. The van der Waals surface area contributed by atoms with Crippen molar-refractivity contribution in [1.29, 1.82) is 0 Å². The monoisotopic (exact) mass is 226 g/mol. The third-order valence-electron chi connectivity index (χ3n) is 3.98. The lowest BCUT2D eigenvalue weighted by Crippen LogP contribution is -2.42. The van der Waals surface area contributed by atoms with Crippen LogP contribution in [-0.2, 0) is 4.74 Å². The quantitative estimate of drug-likeness (QED) is 0.789. The molecular weight excluding hydrogens is 200 g/mol. The molecule has 1 atom stereocenters. The van der Waals surface area contributed by atoms with Gasteiger partial charge in [-0.3, -0.25) is 0 Å². The number of likely N-dealkylation sites (tertiary alicyclic amines) is 1. The summed E-state index contributed by atoms with van der Waals surface area (Å²) in [4.78, 5) is 2.60. The van der Waals surface area contributed by atoms with Crippen LogP contribution < -0.4 is 5.32 Å². The molecule has 94 valence electrons. The van der Waals surface area contributed by atoms with Crippen molar-refractivity contribution < 1.29 is 4.74 Å². The van der Waals surface area contributed by atoms with Gasteiger partial charge in [0.1, 0.15) is 0 Å².